The summed E-state index contributed by atoms with van der Waals surface area (Å²) >= 11 is 0. The van der Waals surface area contributed by atoms with Gasteiger partial charge in [-0.05, 0) is 41.0 Å². The molecule has 0 fully saturated rings. The van der Waals surface area contributed by atoms with Crippen LogP contribution in [0.4, 0.5) is 10.1 Å². The topological polar surface area (TPSA) is 35.2 Å². The van der Waals surface area contributed by atoms with Crippen LogP contribution in [0.25, 0.3) is 11.1 Å². The zero-order valence-corrected chi connectivity index (χ0v) is 12.8. The fourth-order valence-corrected chi connectivity index (χ4v) is 3.12. The van der Waals surface area contributed by atoms with Crippen molar-refractivity contribution < 1.29 is 9.13 Å². The van der Waals surface area contributed by atoms with Gasteiger partial charge >= 0.3 is 0 Å². The molecule has 0 heterocycles. The van der Waals surface area contributed by atoms with Crippen LogP contribution >= 0.6 is 0 Å². The molecule has 116 valence electrons. The molecule has 0 bridgehead atoms. The van der Waals surface area contributed by atoms with Crippen LogP contribution < -0.4 is 10.5 Å². The maximum atomic E-state index is 14.5. The van der Waals surface area contributed by atoms with Crippen molar-refractivity contribution in [2.24, 2.45) is 0 Å². The van der Waals surface area contributed by atoms with E-state index in [4.69, 9.17) is 16.9 Å². The molecule has 0 atom stereocenters. The smallest absolute Gasteiger partial charge is 0.167 e. The Morgan fingerprint density at radius 3 is 2.71 bits per heavy atom. The van der Waals surface area contributed by atoms with Crippen LogP contribution in [0.15, 0.2) is 54.6 Å². The molecule has 1 aliphatic rings. The Morgan fingerprint density at radius 2 is 1.88 bits per heavy atom. The number of ether oxygens (including phenoxy) is 1. The summed E-state index contributed by atoms with van der Waals surface area (Å²) < 4.78 is 20.4. The van der Waals surface area contributed by atoms with E-state index in [1.54, 1.807) is 24.3 Å². The number of nitrogens with two attached hydrogens (primary N) is 1. The van der Waals surface area contributed by atoms with Crippen LogP contribution in [0.5, 0.6) is 11.5 Å². The van der Waals surface area contributed by atoms with E-state index in [0.717, 1.165) is 22.3 Å². The van der Waals surface area contributed by atoms with Gasteiger partial charge in [-0.25, -0.2) is 4.39 Å². The molecule has 1 aliphatic carbocycles. The van der Waals surface area contributed by atoms with E-state index in [1.807, 2.05) is 24.3 Å². The van der Waals surface area contributed by atoms with Crippen molar-refractivity contribution in [3.05, 3.63) is 77.1 Å². The van der Waals surface area contributed by atoms with Gasteiger partial charge in [0.15, 0.2) is 11.6 Å². The average molecular weight is 315 g/mol. The number of terminal acetylenes is 1. The van der Waals surface area contributed by atoms with Crippen molar-refractivity contribution in [2.45, 2.75) is 6.42 Å². The lowest BCUT2D eigenvalue weighted by atomic mass is 10.1. The number of benzene rings is 3. The Morgan fingerprint density at radius 1 is 1.04 bits per heavy atom. The van der Waals surface area contributed by atoms with Gasteiger partial charge in [0.2, 0.25) is 0 Å². The number of hydrogen-bond acceptors (Lipinski definition) is 2. The predicted molar refractivity (Wildman–Crippen MR) is 93.5 cm³/mol. The number of fused-ring (bicyclic) bond motifs is 3. The average Bonchev–Trinajstić information content (AvgIpc) is 2.97. The molecule has 0 spiro atoms. The Labute approximate surface area is 139 Å². The van der Waals surface area contributed by atoms with Crippen molar-refractivity contribution >= 4 is 5.69 Å². The number of halogens is 1. The SMILES string of the molecule is C#Cc1cc(N)ccc1Oc1c(F)ccc2c1Cc1ccccc1-2. The lowest BCUT2D eigenvalue weighted by Crippen LogP contribution is -1.97. The van der Waals surface area contributed by atoms with Gasteiger partial charge in [0.1, 0.15) is 5.75 Å². The minimum atomic E-state index is -0.402. The van der Waals surface area contributed by atoms with Gasteiger partial charge < -0.3 is 10.5 Å². The largest absolute Gasteiger partial charge is 0.453 e. The highest BCUT2D eigenvalue weighted by Crippen LogP contribution is 2.44. The van der Waals surface area contributed by atoms with Crippen LogP contribution in [-0.4, -0.2) is 0 Å². The number of anilines is 1. The summed E-state index contributed by atoms with van der Waals surface area (Å²) in [6.45, 7) is 0. The molecule has 0 unspecified atom stereocenters. The Bertz CT molecular complexity index is 1000. The molecule has 0 radical (unpaired) electrons. The fourth-order valence-electron chi connectivity index (χ4n) is 3.12. The minimum absolute atomic E-state index is 0.227. The second kappa shape index (κ2) is 5.43. The van der Waals surface area contributed by atoms with E-state index in [0.29, 0.717) is 23.4 Å². The number of rotatable bonds is 2. The van der Waals surface area contributed by atoms with Gasteiger partial charge in [0.25, 0.3) is 0 Å². The van der Waals surface area contributed by atoms with Crippen molar-refractivity contribution in [3.8, 4) is 35.0 Å². The van der Waals surface area contributed by atoms with Gasteiger partial charge in [-0.2, -0.15) is 0 Å². The molecular weight excluding hydrogens is 301 g/mol. The highest BCUT2D eigenvalue weighted by atomic mass is 19.1. The minimum Gasteiger partial charge on any atom is -0.453 e. The summed E-state index contributed by atoms with van der Waals surface area (Å²) in [5, 5.41) is 0. The maximum Gasteiger partial charge on any atom is 0.167 e. The Kier molecular flexibility index (Phi) is 3.25. The zero-order valence-electron chi connectivity index (χ0n) is 12.8. The van der Waals surface area contributed by atoms with Crippen LogP contribution in [0.2, 0.25) is 0 Å². The number of hydrogen-bond donors (Lipinski definition) is 1. The molecule has 2 nitrogen and oxygen atoms in total. The van der Waals surface area contributed by atoms with Crippen LogP contribution in [0, 0.1) is 18.2 Å². The summed E-state index contributed by atoms with van der Waals surface area (Å²) in [4.78, 5) is 0. The van der Waals surface area contributed by atoms with Gasteiger partial charge in [0.05, 0.1) is 5.56 Å². The molecule has 2 N–H and O–H groups in total. The maximum absolute atomic E-state index is 14.5. The molecule has 24 heavy (non-hydrogen) atoms. The van der Waals surface area contributed by atoms with Crippen LogP contribution in [-0.2, 0) is 6.42 Å². The summed E-state index contributed by atoms with van der Waals surface area (Å²) in [7, 11) is 0. The Hall–Kier alpha value is -3.25. The van der Waals surface area contributed by atoms with E-state index in [2.05, 4.69) is 5.92 Å². The first-order valence-electron chi connectivity index (χ1n) is 7.61. The van der Waals surface area contributed by atoms with Gasteiger partial charge in [-0.1, -0.05) is 36.3 Å². The fraction of sp³-hybridized carbons (Fsp3) is 0.0476. The highest BCUT2D eigenvalue weighted by Gasteiger charge is 2.24. The Balaban J connectivity index is 1.83. The summed E-state index contributed by atoms with van der Waals surface area (Å²) in [5.74, 6) is 2.78. The van der Waals surface area contributed by atoms with Crippen molar-refractivity contribution in [2.75, 3.05) is 5.73 Å². The molecule has 3 aromatic rings. The second-order valence-electron chi connectivity index (χ2n) is 5.74. The first kappa shape index (κ1) is 14.3. The molecule has 0 amide bonds. The van der Waals surface area contributed by atoms with Crippen molar-refractivity contribution in [3.63, 3.8) is 0 Å². The molecule has 0 aliphatic heterocycles. The standard InChI is InChI=1S/C21H14FNO/c1-2-13-11-15(23)7-10-20(13)24-21-18-12-14-5-3-4-6-16(14)17(18)8-9-19(21)22/h1,3-11H,12,23H2. The third-order valence-corrected chi connectivity index (χ3v) is 4.26. The molecular formula is C21H14FNO. The van der Waals surface area contributed by atoms with Gasteiger partial charge in [0, 0.05) is 17.7 Å². The monoisotopic (exact) mass is 315 g/mol. The third-order valence-electron chi connectivity index (χ3n) is 4.26. The van der Waals surface area contributed by atoms with E-state index < -0.39 is 5.82 Å². The van der Waals surface area contributed by atoms with E-state index in [9.17, 15) is 4.39 Å². The summed E-state index contributed by atoms with van der Waals surface area (Å²) in [6.07, 6.45) is 6.15. The number of nitrogen functional groups attached to an aromatic ring is 1. The summed E-state index contributed by atoms with van der Waals surface area (Å²) in [5.41, 5.74) is 10.9. The summed E-state index contributed by atoms with van der Waals surface area (Å²) in [6, 6.07) is 16.3. The van der Waals surface area contributed by atoms with Crippen molar-refractivity contribution in [1.29, 1.82) is 0 Å². The van der Waals surface area contributed by atoms with Crippen LogP contribution in [0.3, 0.4) is 0 Å². The molecule has 0 aromatic heterocycles. The molecule has 0 saturated heterocycles. The normalized spacial score (nSPS) is 11.5. The van der Waals surface area contributed by atoms with E-state index in [1.165, 1.54) is 6.07 Å². The van der Waals surface area contributed by atoms with E-state index >= 15 is 0 Å². The second-order valence-corrected chi connectivity index (χ2v) is 5.74. The zero-order chi connectivity index (χ0) is 16.7. The van der Waals surface area contributed by atoms with E-state index in [-0.39, 0.29) is 5.75 Å². The van der Waals surface area contributed by atoms with Gasteiger partial charge in [-0.3, -0.25) is 0 Å². The lowest BCUT2D eigenvalue weighted by molar-refractivity contribution is 0.437. The van der Waals surface area contributed by atoms with Gasteiger partial charge in [-0.15, -0.1) is 6.42 Å². The third kappa shape index (κ3) is 2.21. The predicted octanol–water partition coefficient (Wildman–Crippen LogP) is 4.75. The molecule has 4 rings (SSSR count). The highest BCUT2D eigenvalue weighted by molar-refractivity contribution is 5.79. The lowest BCUT2D eigenvalue weighted by Gasteiger charge is -2.13. The van der Waals surface area contributed by atoms with Crippen LogP contribution in [0.1, 0.15) is 16.7 Å². The molecule has 3 heteroatoms. The first-order valence-corrected chi connectivity index (χ1v) is 7.61. The molecule has 3 aromatic carbocycles. The van der Waals surface area contributed by atoms with Crippen molar-refractivity contribution in [1.82, 2.24) is 0 Å². The first-order chi connectivity index (χ1) is 11.7. The quantitative estimate of drug-likeness (QED) is 0.428. The molecule has 0 saturated carbocycles.